The summed E-state index contributed by atoms with van der Waals surface area (Å²) in [5.41, 5.74) is 1.40. The fraction of sp³-hybridized carbons (Fsp3) is 0.190. The molecule has 0 saturated carbocycles. The Morgan fingerprint density at radius 1 is 1.07 bits per heavy atom. The van der Waals surface area contributed by atoms with Crippen LogP contribution in [-0.4, -0.2) is 29.6 Å². The lowest BCUT2D eigenvalue weighted by atomic mass is 10.1. The van der Waals surface area contributed by atoms with E-state index in [1.807, 2.05) is 47.0 Å². The molecule has 1 atom stereocenters. The van der Waals surface area contributed by atoms with Crippen molar-refractivity contribution < 1.29 is 14.3 Å². The van der Waals surface area contributed by atoms with Gasteiger partial charge in [0.1, 0.15) is 11.6 Å². The smallest absolute Gasteiger partial charge is 0.328 e. The van der Waals surface area contributed by atoms with Crippen LogP contribution >= 0.6 is 0 Å². The largest absolute Gasteiger partial charge is 0.467 e. The number of hydrogen-bond donors (Lipinski definition) is 1. The van der Waals surface area contributed by atoms with E-state index in [1.165, 1.54) is 20.2 Å². The van der Waals surface area contributed by atoms with Crippen molar-refractivity contribution in [3.63, 3.8) is 0 Å². The quantitative estimate of drug-likeness (QED) is 0.705. The minimum Gasteiger partial charge on any atom is -0.467 e. The lowest BCUT2D eigenvalue weighted by molar-refractivity contribution is -0.142. The summed E-state index contributed by atoms with van der Waals surface area (Å²) in [6.07, 6.45) is 1.54. The zero-order valence-electron chi connectivity index (χ0n) is 15.1. The van der Waals surface area contributed by atoms with Gasteiger partial charge in [-0.2, -0.15) is 0 Å². The maximum Gasteiger partial charge on any atom is 0.328 e. The third kappa shape index (κ3) is 3.89. The number of benzene rings is 2. The van der Waals surface area contributed by atoms with Gasteiger partial charge in [-0.1, -0.05) is 42.5 Å². The highest BCUT2D eigenvalue weighted by molar-refractivity contribution is 5.99. The number of carbonyl (C=O) groups excluding carboxylic acids is 2. The Morgan fingerprint density at radius 2 is 1.74 bits per heavy atom. The minimum atomic E-state index is -0.851. The molecular weight excluding hydrogens is 344 g/mol. The van der Waals surface area contributed by atoms with Gasteiger partial charge < -0.3 is 14.6 Å². The fourth-order valence-electron chi connectivity index (χ4n) is 2.93. The number of amides is 1. The van der Waals surface area contributed by atoms with E-state index in [1.54, 1.807) is 12.1 Å². The van der Waals surface area contributed by atoms with Gasteiger partial charge >= 0.3 is 5.97 Å². The average Bonchev–Trinajstić information content (AvgIpc) is 2.70. The molecule has 1 unspecified atom stereocenters. The van der Waals surface area contributed by atoms with Crippen molar-refractivity contribution in [3.05, 3.63) is 82.1 Å². The van der Waals surface area contributed by atoms with Crippen LogP contribution in [0.15, 0.2) is 65.6 Å². The van der Waals surface area contributed by atoms with E-state index in [2.05, 4.69) is 10.1 Å². The van der Waals surface area contributed by atoms with Gasteiger partial charge in [-0.3, -0.25) is 9.59 Å². The van der Waals surface area contributed by atoms with Crippen molar-refractivity contribution in [1.29, 1.82) is 0 Å². The summed E-state index contributed by atoms with van der Waals surface area (Å²) in [7, 11) is 1.24. The number of para-hydroxylation sites is 1. The van der Waals surface area contributed by atoms with Crippen LogP contribution in [0.1, 0.15) is 22.8 Å². The van der Waals surface area contributed by atoms with E-state index in [0.717, 1.165) is 11.1 Å². The van der Waals surface area contributed by atoms with Gasteiger partial charge in [0.05, 0.1) is 12.6 Å². The predicted molar refractivity (Wildman–Crippen MR) is 103 cm³/mol. The minimum absolute atomic E-state index is 0.0135. The molecule has 138 valence electrons. The van der Waals surface area contributed by atoms with Crippen LogP contribution in [0, 0.1) is 0 Å². The Balaban J connectivity index is 2.05. The molecule has 6 nitrogen and oxygen atoms in total. The third-order valence-electron chi connectivity index (χ3n) is 4.33. The molecular formula is C21H20N2O4. The number of carbonyl (C=O) groups is 2. The SMILES string of the molecule is COC(=O)C(C)NC(=O)c1cn(Cc2ccccc2)c2ccccc2c1=O. The maximum atomic E-state index is 12.8. The highest BCUT2D eigenvalue weighted by Gasteiger charge is 2.20. The van der Waals surface area contributed by atoms with E-state index in [4.69, 9.17) is 0 Å². The van der Waals surface area contributed by atoms with Gasteiger partial charge in [-0.05, 0) is 24.6 Å². The topological polar surface area (TPSA) is 77.4 Å². The van der Waals surface area contributed by atoms with Crippen LogP contribution in [0.2, 0.25) is 0 Å². The van der Waals surface area contributed by atoms with Gasteiger partial charge in [-0.15, -0.1) is 0 Å². The van der Waals surface area contributed by atoms with E-state index in [9.17, 15) is 14.4 Å². The molecule has 0 aliphatic carbocycles. The molecule has 0 aliphatic rings. The number of fused-ring (bicyclic) bond motifs is 1. The van der Waals surface area contributed by atoms with Crippen molar-refractivity contribution in [2.75, 3.05) is 7.11 Å². The number of rotatable bonds is 5. The Hall–Kier alpha value is -3.41. The van der Waals surface area contributed by atoms with Gasteiger partial charge in [0.25, 0.3) is 5.91 Å². The summed E-state index contributed by atoms with van der Waals surface area (Å²) in [5.74, 6) is -1.18. The first-order valence-corrected chi connectivity index (χ1v) is 8.56. The number of nitrogens with zero attached hydrogens (tertiary/aromatic N) is 1. The fourth-order valence-corrected chi connectivity index (χ4v) is 2.93. The molecule has 2 aromatic carbocycles. The van der Waals surface area contributed by atoms with Crippen LogP contribution in [0.4, 0.5) is 0 Å². The van der Waals surface area contributed by atoms with Crippen molar-refractivity contribution in [1.82, 2.24) is 9.88 Å². The monoisotopic (exact) mass is 364 g/mol. The number of aromatic nitrogens is 1. The molecule has 3 aromatic rings. The second-order valence-electron chi connectivity index (χ2n) is 6.22. The van der Waals surface area contributed by atoms with Crippen molar-refractivity contribution in [2.45, 2.75) is 19.5 Å². The summed E-state index contributed by atoms with van der Waals surface area (Å²) in [6.45, 7) is 2.02. The Morgan fingerprint density at radius 3 is 2.44 bits per heavy atom. The van der Waals surface area contributed by atoms with Crippen molar-refractivity contribution in [2.24, 2.45) is 0 Å². The number of esters is 1. The molecule has 1 heterocycles. The zero-order chi connectivity index (χ0) is 19.4. The summed E-state index contributed by atoms with van der Waals surface area (Å²) in [4.78, 5) is 37.0. The predicted octanol–water partition coefficient (Wildman–Crippen LogP) is 2.34. The van der Waals surface area contributed by atoms with Crippen molar-refractivity contribution >= 4 is 22.8 Å². The van der Waals surface area contributed by atoms with Gasteiger partial charge in [0, 0.05) is 18.1 Å². The summed E-state index contributed by atoms with van der Waals surface area (Å²) < 4.78 is 6.48. The third-order valence-corrected chi connectivity index (χ3v) is 4.33. The summed E-state index contributed by atoms with van der Waals surface area (Å²) in [5, 5.41) is 2.97. The molecule has 1 N–H and O–H groups in total. The Labute approximate surface area is 156 Å². The van der Waals surface area contributed by atoms with Crippen LogP contribution in [0.5, 0.6) is 0 Å². The molecule has 3 rings (SSSR count). The number of pyridine rings is 1. The number of ether oxygens (including phenoxy) is 1. The Bertz CT molecular complexity index is 1040. The molecule has 0 bridgehead atoms. The summed E-state index contributed by atoms with van der Waals surface area (Å²) in [6, 6.07) is 16.1. The molecule has 0 aliphatic heterocycles. The van der Waals surface area contributed by atoms with Crippen LogP contribution in [0.25, 0.3) is 10.9 Å². The lowest BCUT2D eigenvalue weighted by Gasteiger charge is -2.15. The van der Waals surface area contributed by atoms with Crippen molar-refractivity contribution in [3.8, 4) is 0 Å². The Kier molecular flexibility index (Phi) is 5.35. The normalized spacial score (nSPS) is 11.8. The number of methoxy groups -OCH3 is 1. The molecule has 1 amide bonds. The molecule has 1 aromatic heterocycles. The van der Waals surface area contributed by atoms with E-state index in [0.29, 0.717) is 11.9 Å². The van der Waals surface area contributed by atoms with Crippen LogP contribution in [0.3, 0.4) is 0 Å². The maximum absolute atomic E-state index is 12.8. The molecule has 0 radical (unpaired) electrons. The zero-order valence-corrected chi connectivity index (χ0v) is 15.1. The summed E-state index contributed by atoms with van der Waals surface area (Å²) >= 11 is 0. The highest BCUT2D eigenvalue weighted by Crippen LogP contribution is 2.14. The standard InChI is InChI=1S/C21H20N2O4/c1-14(21(26)27-2)22-20(25)17-13-23(12-15-8-4-3-5-9-15)18-11-7-6-10-16(18)19(17)24/h3-11,13-14H,12H2,1-2H3,(H,22,25). The molecule has 0 saturated heterocycles. The first-order valence-electron chi connectivity index (χ1n) is 8.56. The molecule has 27 heavy (non-hydrogen) atoms. The van der Waals surface area contributed by atoms with E-state index in [-0.39, 0.29) is 11.0 Å². The first-order chi connectivity index (χ1) is 13.0. The molecule has 0 fully saturated rings. The highest BCUT2D eigenvalue weighted by atomic mass is 16.5. The average molecular weight is 364 g/mol. The second-order valence-corrected chi connectivity index (χ2v) is 6.22. The van der Waals surface area contributed by atoms with Gasteiger partial charge in [0.15, 0.2) is 0 Å². The first kappa shape index (κ1) is 18.4. The van der Waals surface area contributed by atoms with Gasteiger partial charge in [0.2, 0.25) is 5.43 Å². The number of hydrogen-bond acceptors (Lipinski definition) is 4. The van der Waals surface area contributed by atoms with Crippen LogP contribution < -0.4 is 10.7 Å². The van der Waals surface area contributed by atoms with Crippen LogP contribution in [-0.2, 0) is 16.1 Å². The second kappa shape index (κ2) is 7.86. The molecule has 0 spiro atoms. The van der Waals surface area contributed by atoms with Gasteiger partial charge in [-0.25, -0.2) is 4.79 Å². The van der Waals surface area contributed by atoms with E-state index >= 15 is 0 Å². The molecule has 6 heteroatoms. The van der Waals surface area contributed by atoms with E-state index < -0.39 is 17.9 Å². The lowest BCUT2D eigenvalue weighted by Crippen LogP contribution is -2.41. The number of nitrogens with one attached hydrogen (secondary N) is 1.